The quantitative estimate of drug-likeness (QED) is 0.683. The number of carbonyl (C=O) groups excluding carboxylic acids is 1. The van der Waals surface area contributed by atoms with Gasteiger partial charge in [0.1, 0.15) is 5.75 Å². The van der Waals surface area contributed by atoms with Gasteiger partial charge in [-0.25, -0.2) is 0 Å². The summed E-state index contributed by atoms with van der Waals surface area (Å²) in [5, 5.41) is 6.83. The molecule has 150 valence electrons. The molecule has 0 aliphatic carbocycles. The zero-order chi connectivity index (χ0) is 20.1. The summed E-state index contributed by atoms with van der Waals surface area (Å²) in [4.78, 5) is 16.6. The molecule has 4 rings (SSSR count). The van der Waals surface area contributed by atoms with E-state index >= 15 is 0 Å². The van der Waals surface area contributed by atoms with E-state index in [-0.39, 0.29) is 12.3 Å². The van der Waals surface area contributed by atoms with E-state index in [1.807, 2.05) is 24.3 Å². The molecule has 8 nitrogen and oxygen atoms in total. The molecule has 0 atom stereocenters. The number of aromatic nitrogens is 2. The number of methoxy groups -OCH3 is 1. The van der Waals surface area contributed by atoms with Crippen molar-refractivity contribution in [3.8, 4) is 28.6 Å². The first-order valence-electron chi connectivity index (χ1n) is 9.38. The Bertz CT molecular complexity index is 984. The topological polar surface area (TPSA) is 95.7 Å². The molecule has 3 aromatic rings. The van der Waals surface area contributed by atoms with Gasteiger partial charge in [-0.15, -0.1) is 0 Å². The summed E-state index contributed by atoms with van der Waals surface area (Å²) < 4.78 is 21.6. The minimum Gasteiger partial charge on any atom is -0.497 e. The predicted molar refractivity (Wildman–Crippen MR) is 105 cm³/mol. The van der Waals surface area contributed by atoms with Crippen LogP contribution in [0.25, 0.3) is 11.4 Å². The fourth-order valence-electron chi connectivity index (χ4n) is 2.90. The van der Waals surface area contributed by atoms with Gasteiger partial charge >= 0.3 is 0 Å². The molecule has 1 aromatic heterocycles. The summed E-state index contributed by atoms with van der Waals surface area (Å²) in [7, 11) is 1.61. The number of carbonyl (C=O) groups is 1. The van der Waals surface area contributed by atoms with E-state index in [9.17, 15) is 4.79 Å². The number of ether oxygens (including phenoxy) is 3. The number of amides is 1. The Morgan fingerprint density at radius 2 is 1.90 bits per heavy atom. The number of aryl methyl sites for hydroxylation is 1. The Hall–Kier alpha value is -3.55. The van der Waals surface area contributed by atoms with Crippen molar-refractivity contribution >= 4 is 11.6 Å². The van der Waals surface area contributed by atoms with Gasteiger partial charge in [-0.3, -0.25) is 4.79 Å². The molecule has 29 heavy (non-hydrogen) atoms. The van der Waals surface area contributed by atoms with Crippen molar-refractivity contribution in [2.75, 3.05) is 25.6 Å². The van der Waals surface area contributed by atoms with E-state index in [1.165, 1.54) is 0 Å². The van der Waals surface area contributed by atoms with Gasteiger partial charge in [0.25, 0.3) is 0 Å². The molecule has 0 spiro atoms. The van der Waals surface area contributed by atoms with Crippen LogP contribution in [0.2, 0.25) is 0 Å². The maximum Gasteiger partial charge on any atom is 0.227 e. The molecule has 2 heterocycles. The molecule has 1 aliphatic rings. The molecule has 8 heteroatoms. The number of benzene rings is 2. The van der Waals surface area contributed by atoms with Crippen LogP contribution >= 0.6 is 0 Å². The standard InChI is InChI=1S/C21H21N3O5/c1-26-16-6-3-14(4-7-16)21-23-20(29-24-21)10-9-19(25)22-15-5-8-17-18(13-15)28-12-2-11-27-17/h3-8,13H,2,9-12H2,1H3,(H,22,25). The number of nitrogens with one attached hydrogen (secondary N) is 1. The van der Waals surface area contributed by atoms with Crippen LogP contribution in [-0.2, 0) is 11.2 Å². The second kappa shape index (κ2) is 8.64. The minimum atomic E-state index is -0.149. The normalized spacial score (nSPS) is 12.9. The molecule has 1 N–H and O–H groups in total. The van der Waals surface area contributed by atoms with Crippen LogP contribution < -0.4 is 19.5 Å². The molecule has 1 aliphatic heterocycles. The lowest BCUT2D eigenvalue weighted by Gasteiger charge is -2.10. The van der Waals surface area contributed by atoms with Gasteiger partial charge in [0.15, 0.2) is 11.5 Å². The van der Waals surface area contributed by atoms with Crippen LogP contribution in [0.1, 0.15) is 18.7 Å². The van der Waals surface area contributed by atoms with E-state index in [1.54, 1.807) is 25.3 Å². The molecule has 0 radical (unpaired) electrons. The van der Waals surface area contributed by atoms with E-state index in [4.69, 9.17) is 18.7 Å². The summed E-state index contributed by atoms with van der Waals surface area (Å²) in [5.74, 6) is 2.82. The predicted octanol–water partition coefficient (Wildman–Crippen LogP) is 3.48. The Balaban J connectivity index is 1.33. The fraction of sp³-hybridized carbons (Fsp3) is 0.286. The van der Waals surface area contributed by atoms with Gasteiger partial charge in [0, 0.05) is 36.6 Å². The second-order valence-electron chi connectivity index (χ2n) is 6.50. The number of hydrogen-bond acceptors (Lipinski definition) is 7. The van der Waals surface area contributed by atoms with Crippen LogP contribution in [0.5, 0.6) is 17.2 Å². The highest BCUT2D eigenvalue weighted by atomic mass is 16.5. The van der Waals surface area contributed by atoms with Gasteiger partial charge in [-0.2, -0.15) is 4.98 Å². The second-order valence-corrected chi connectivity index (χ2v) is 6.50. The highest BCUT2D eigenvalue weighted by Crippen LogP contribution is 2.32. The third kappa shape index (κ3) is 4.66. The Morgan fingerprint density at radius 1 is 1.10 bits per heavy atom. The third-order valence-electron chi connectivity index (χ3n) is 4.41. The monoisotopic (exact) mass is 395 g/mol. The number of nitrogens with zero attached hydrogens (tertiary/aromatic N) is 2. The van der Waals surface area contributed by atoms with Gasteiger partial charge in [0.2, 0.25) is 17.6 Å². The lowest BCUT2D eigenvalue weighted by molar-refractivity contribution is -0.116. The largest absolute Gasteiger partial charge is 0.497 e. The SMILES string of the molecule is COc1ccc(-c2noc(CCC(=O)Nc3ccc4c(c3)OCCCO4)n2)cc1. The van der Waals surface area contributed by atoms with E-state index in [0.29, 0.717) is 48.5 Å². The highest BCUT2D eigenvalue weighted by Gasteiger charge is 2.14. The lowest BCUT2D eigenvalue weighted by atomic mass is 10.2. The van der Waals surface area contributed by atoms with Crippen molar-refractivity contribution in [2.24, 2.45) is 0 Å². The van der Waals surface area contributed by atoms with E-state index in [2.05, 4.69) is 15.5 Å². The maximum absolute atomic E-state index is 12.3. The molecule has 0 saturated carbocycles. The fourth-order valence-corrected chi connectivity index (χ4v) is 2.90. The molecular weight excluding hydrogens is 374 g/mol. The van der Waals surface area contributed by atoms with Crippen LogP contribution in [0.15, 0.2) is 47.0 Å². The Morgan fingerprint density at radius 3 is 2.69 bits per heavy atom. The average Bonchev–Trinajstić information content (AvgIpc) is 3.10. The highest BCUT2D eigenvalue weighted by molar-refractivity contribution is 5.91. The summed E-state index contributed by atoms with van der Waals surface area (Å²) in [6.45, 7) is 1.22. The summed E-state index contributed by atoms with van der Waals surface area (Å²) >= 11 is 0. The summed E-state index contributed by atoms with van der Waals surface area (Å²) in [6, 6.07) is 12.7. The van der Waals surface area contributed by atoms with Crippen LogP contribution in [0.4, 0.5) is 5.69 Å². The molecule has 0 unspecified atom stereocenters. The first kappa shape index (κ1) is 18.8. The van der Waals surface area contributed by atoms with Gasteiger partial charge in [-0.1, -0.05) is 5.16 Å². The van der Waals surface area contributed by atoms with Gasteiger partial charge in [-0.05, 0) is 36.4 Å². The van der Waals surface area contributed by atoms with Crippen LogP contribution in [0.3, 0.4) is 0 Å². The van der Waals surface area contributed by atoms with E-state index in [0.717, 1.165) is 17.7 Å². The molecule has 0 bridgehead atoms. The number of fused-ring (bicyclic) bond motifs is 1. The minimum absolute atomic E-state index is 0.149. The number of anilines is 1. The van der Waals surface area contributed by atoms with Crippen molar-refractivity contribution in [1.82, 2.24) is 10.1 Å². The molecular formula is C21H21N3O5. The summed E-state index contributed by atoms with van der Waals surface area (Å²) in [5.41, 5.74) is 1.47. The Kier molecular flexibility index (Phi) is 5.60. The number of rotatable bonds is 6. The zero-order valence-electron chi connectivity index (χ0n) is 16.0. The lowest BCUT2D eigenvalue weighted by Crippen LogP contribution is -2.12. The first-order valence-corrected chi connectivity index (χ1v) is 9.38. The van der Waals surface area contributed by atoms with Crippen molar-refractivity contribution in [1.29, 1.82) is 0 Å². The van der Waals surface area contributed by atoms with Crippen LogP contribution in [0, 0.1) is 0 Å². The molecule has 0 saturated heterocycles. The van der Waals surface area contributed by atoms with Crippen molar-refractivity contribution in [3.63, 3.8) is 0 Å². The first-order chi connectivity index (χ1) is 14.2. The molecule has 0 fully saturated rings. The van der Waals surface area contributed by atoms with E-state index < -0.39 is 0 Å². The van der Waals surface area contributed by atoms with Crippen molar-refractivity contribution in [3.05, 3.63) is 48.4 Å². The molecule has 2 aromatic carbocycles. The summed E-state index contributed by atoms with van der Waals surface area (Å²) in [6.07, 6.45) is 1.40. The van der Waals surface area contributed by atoms with Gasteiger partial charge < -0.3 is 24.1 Å². The van der Waals surface area contributed by atoms with Gasteiger partial charge in [0.05, 0.1) is 20.3 Å². The number of hydrogen-bond donors (Lipinski definition) is 1. The maximum atomic E-state index is 12.3. The molecule has 1 amide bonds. The smallest absolute Gasteiger partial charge is 0.227 e. The van der Waals surface area contributed by atoms with Crippen LogP contribution in [-0.4, -0.2) is 36.4 Å². The zero-order valence-corrected chi connectivity index (χ0v) is 16.0. The average molecular weight is 395 g/mol. The van der Waals surface area contributed by atoms with Crippen molar-refractivity contribution in [2.45, 2.75) is 19.3 Å². The van der Waals surface area contributed by atoms with Crippen molar-refractivity contribution < 1.29 is 23.5 Å². The third-order valence-corrected chi connectivity index (χ3v) is 4.41. The Labute approximate surface area is 167 Å².